The Hall–Kier alpha value is -2.30. The van der Waals surface area contributed by atoms with Gasteiger partial charge in [-0.25, -0.2) is 0 Å². The number of hydrogen-bond acceptors (Lipinski definition) is 5. The molecular formula is C29H20Cl2INO3S2. The van der Waals surface area contributed by atoms with Crippen molar-refractivity contribution in [1.82, 2.24) is 0 Å². The summed E-state index contributed by atoms with van der Waals surface area (Å²) >= 11 is 21.5. The molecule has 0 bridgehead atoms. The van der Waals surface area contributed by atoms with Crippen molar-refractivity contribution < 1.29 is 14.3 Å². The number of ether oxygens (including phenoxy) is 2. The Kier molecular flexibility index (Phi) is 8.50. The Morgan fingerprint density at radius 3 is 2.61 bits per heavy atom. The quantitative estimate of drug-likeness (QED) is 0.110. The highest BCUT2D eigenvalue weighted by Gasteiger charge is 2.34. The molecule has 1 aliphatic heterocycles. The van der Waals surface area contributed by atoms with Gasteiger partial charge in [0.25, 0.3) is 5.91 Å². The first-order chi connectivity index (χ1) is 18.4. The molecule has 9 heteroatoms. The molecule has 4 aromatic rings. The van der Waals surface area contributed by atoms with Crippen molar-refractivity contribution in [3.05, 3.63) is 102 Å². The third-order valence-electron chi connectivity index (χ3n) is 5.82. The summed E-state index contributed by atoms with van der Waals surface area (Å²) in [6, 6.07) is 23.0. The van der Waals surface area contributed by atoms with E-state index in [9.17, 15) is 4.79 Å². The highest BCUT2D eigenvalue weighted by molar-refractivity contribution is 14.1. The van der Waals surface area contributed by atoms with Gasteiger partial charge in [0.05, 0.1) is 20.8 Å². The zero-order valence-corrected chi connectivity index (χ0v) is 25.3. The summed E-state index contributed by atoms with van der Waals surface area (Å²) in [4.78, 5) is 15.7. The van der Waals surface area contributed by atoms with Crippen molar-refractivity contribution in [2.75, 3.05) is 11.5 Å². The first-order valence-corrected chi connectivity index (χ1v) is 14.7. The number of carbonyl (C=O) groups is 1. The smallest absolute Gasteiger partial charge is 0.270 e. The van der Waals surface area contributed by atoms with Crippen molar-refractivity contribution in [3.8, 4) is 11.5 Å². The second-order valence-corrected chi connectivity index (χ2v) is 12.0. The van der Waals surface area contributed by atoms with Gasteiger partial charge in [0.15, 0.2) is 15.8 Å². The first-order valence-electron chi connectivity index (χ1n) is 11.6. The van der Waals surface area contributed by atoms with Gasteiger partial charge >= 0.3 is 0 Å². The number of anilines is 1. The molecule has 5 rings (SSSR count). The van der Waals surface area contributed by atoms with E-state index in [4.69, 9.17) is 44.9 Å². The van der Waals surface area contributed by atoms with Crippen LogP contribution < -0.4 is 14.4 Å². The van der Waals surface area contributed by atoms with Crippen LogP contribution in [0, 0.1) is 3.57 Å². The average molecular weight is 692 g/mol. The minimum atomic E-state index is -0.151. The average Bonchev–Trinajstić information content (AvgIpc) is 3.16. The summed E-state index contributed by atoms with van der Waals surface area (Å²) in [5.74, 6) is 1.04. The predicted molar refractivity (Wildman–Crippen MR) is 171 cm³/mol. The van der Waals surface area contributed by atoms with Crippen LogP contribution in [-0.4, -0.2) is 16.8 Å². The molecule has 1 aliphatic rings. The lowest BCUT2D eigenvalue weighted by Crippen LogP contribution is -2.27. The molecule has 0 unspecified atom stereocenters. The first kappa shape index (κ1) is 27.3. The molecule has 0 saturated carbocycles. The van der Waals surface area contributed by atoms with E-state index < -0.39 is 0 Å². The number of carbonyl (C=O) groups excluding carboxylic acids is 1. The third-order valence-corrected chi connectivity index (χ3v) is 8.51. The molecule has 1 saturated heterocycles. The molecule has 4 aromatic carbocycles. The fraction of sp³-hybridized carbons (Fsp3) is 0.103. The fourth-order valence-corrected chi connectivity index (χ4v) is 6.62. The minimum absolute atomic E-state index is 0.151. The molecule has 0 aliphatic carbocycles. The van der Waals surface area contributed by atoms with Gasteiger partial charge in [0.2, 0.25) is 0 Å². The standard InChI is InChI=1S/C29H20Cl2INO3S2/c1-2-35-25-13-17(12-23(32)27(25)36-16-19-10-11-20(30)15-22(19)31)14-26-28(34)33(29(37)38-26)24-9-5-7-18-6-3-4-8-21(18)24/h3-15H,2,16H2,1H3/b26-14-. The summed E-state index contributed by atoms with van der Waals surface area (Å²) in [7, 11) is 0. The predicted octanol–water partition coefficient (Wildman–Crippen LogP) is 9.13. The van der Waals surface area contributed by atoms with Crippen molar-refractivity contribution in [1.29, 1.82) is 0 Å². The van der Waals surface area contributed by atoms with E-state index in [0.717, 1.165) is 31.2 Å². The summed E-state index contributed by atoms with van der Waals surface area (Å²) in [6.07, 6.45) is 1.84. The number of amides is 1. The third kappa shape index (κ3) is 5.67. The Morgan fingerprint density at radius 2 is 1.82 bits per heavy atom. The van der Waals surface area contributed by atoms with E-state index in [1.54, 1.807) is 17.0 Å². The highest BCUT2D eigenvalue weighted by atomic mass is 127. The molecule has 0 radical (unpaired) electrons. The number of thioether (sulfide) groups is 1. The van der Waals surface area contributed by atoms with E-state index in [-0.39, 0.29) is 12.5 Å². The second kappa shape index (κ2) is 11.8. The van der Waals surface area contributed by atoms with Crippen LogP contribution in [-0.2, 0) is 11.4 Å². The van der Waals surface area contributed by atoms with Gasteiger partial charge in [-0.1, -0.05) is 89.6 Å². The van der Waals surface area contributed by atoms with E-state index >= 15 is 0 Å². The van der Waals surface area contributed by atoms with Crippen LogP contribution in [0.1, 0.15) is 18.1 Å². The molecule has 4 nitrogen and oxygen atoms in total. The lowest BCUT2D eigenvalue weighted by Gasteiger charge is -2.17. The van der Waals surface area contributed by atoms with Gasteiger partial charge in [-0.05, 0) is 76.9 Å². The number of rotatable bonds is 7. The van der Waals surface area contributed by atoms with Gasteiger partial charge in [-0.3, -0.25) is 9.69 Å². The Labute approximate surface area is 254 Å². The summed E-state index contributed by atoms with van der Waals surface area (Å²) in [6.45, 7) is 2.63. The van der Waals surface area contributed by atoms with Crippen molar-refractivity contribution in [2.45, 2.75) is 13.5 Å². The molecule has 1 amide bonds. The number of fused-ring (bicyclic) bond motifs is 1. The fourth-order valence-electron chi connectivity index (χ4n) is 4.09. The molecule has 38 heavy (non-hydrogen) atoms. The van der Waals surface area contributed by atoms with E-state index in [0.29, 0.717) is 37.4 Å². The summed E-state index contributed by atoms with van der Waals surface area (Å²) < 4.78 is 13.4. The van der Waals surface area contributed by atoms with Gasteiger partial charge in [0, 0.05) is 21.0 Å². The maximum Gasteiger partial charge on any atom is 0.270 e. The topological polar surface area (TPSA) is 38.8 Å². The number of benzene rings is 4. The van der Waals surface area contributed by atoms with Gasteiger partial charge in [-0.15, -0.1) is 0 Å². The monoisotopic (exact) mass is 691 g/mol. The van der Waals surface area contributed by atoms with E-state index in [2.05, 4.69) is 22.6 Å². The zero-order chi connectivity index (χ0) is 26.8. The van der Waals surface area contributed by atoms with Crippen molar-refractivity contribution >= 4 is 103 Å². The van der Waals surface area contributed by atoms with Crippen LogP contribution in [0.2, 0.25) is 10.0 Å². The largest absolute Gasteiger partial charge is 0.490 e. The van der Waals surface area contributed by atoms with Crippen molar-refractivity contribution in [2.24, 2.45) is 0 Å². The van der Waals surface area contributed by atoms with Gasteiger partial charge in [-0.2, -0.15) is 0 Å². The Balaban J connectivity index is 1.44. The molecule has 1 fully saturated rings. The van der Waals surface area contributed by atoms with E-state index in [1.807, 2.05) is 73.7 Å². The molecule has 1 heterocycles. The van der Waals surface area contributed by atoms with E-state index in [1.165, 1.54) is 11.8 Å². The SMILES string of the molecule is CCOc1cc(/C=C2\SC(=S)N(c3cccc4ccccc34)C2=O)cc(I)c1OCc1ccc(Cl)cc1Cl. The second-order valence-electron chi connectivity index (χ2n) is 8.30. The van der Waals surface area contributed by atoms with Crippen LogP contribution >= 0.6 is 69.8 Å². The zero-order valence-electron chi connectivity index (χ0n) is 20.0. The molecule has 0 spiro atoms. The number of thiocarbonyl (C=S) groups is 1. The maximum absolute atomic E-state index is 13.5. The number of halogens is 3. The highest BCUT2D eigenvalue weighted by Crippen LogP contribution is 2.41. The Morgan fingerprint density at radius 1 is 1.03 bits per heavy atom. The van der Waals surface area contributed by atoms with Crippen LogP contribution in [0.15, 0.2) is 77.7 Å². The van der Waals surface area contributed by atoms with Crippen LogP contribution in [0.4, 0.5) is 5.69 Å². The molecule has 0 atom stereocenters. The summed E-state index contributed by atoms with van der Waals surface area (Å²) in [5.41, 5.74) is 2.41. The molecule has 0 N–H and O–H groups in total. The molecule has 192 valence electrons. The van der Waals surface area contributed by atoms with Gasteiger partial charge < -0.3 is 9.47 Å². The molecular weight excluding hydrogens is 672 g/mol. The minimum Gasteiger partial charge on any atom is -0.490 e. The van der Waals surface area contributed by atoms with Crippen LogP contribution in [0.3, 0.4) is 0 Å². The Bertz CT molecular complexity index is 1600. The maximum atomic E-state index is 13.5. The van der Waals surface area contributed by atoms with Crippen LogP contribution in [0.5, 0.6) is 11.5 Å². The number of nitrogens with zero attached hydrogens (tertiary/aromatic N) is 1. The van der Waals surface area contributed by atoms with Crippen LogP contribution in [0.25, 0.3) is 16.8 Å². The summed E-state index contributed by atoms with van der Waals surface area (Å²) in [5, 5.41) is 3.13. The normalized spacial score (nSPS) is 14.5. The molecule has 0 aromatic heterocycles. The lowest BCUT2D eigenvalue weighted by atomic mass is 10.1. The lowest BCUT2D eigenvalue weighted by molar-refractivity contribution is -0.113. The van der Waals surface area contributed by atoms with Gasteiger partial charge in [0.1, 0.15) is 6.61 Å². The van der Waals surface area contributed by atoms with Crippen molar-refractivity contribution in [3.63, 3.8) is 0 Å². The number of hydrogen-bond donors (Lipinski definition) is 0.